The Bertz CT molecular complexity index is 393. The van der Waals surface area contributed by atoms with Crippen LogP contribution in [0.1, 0.15) is 18.4 Å². The zero-order chi connectivity index (χ0) is 10.8. The summed E-state index contributed by atoms with van der Waals surface area (Å²) in [6.07, 6.45) is 2.42. The summed E-state index contributed by atoms with van der Waals surface area (Å²) in [5, 5.41) is 11.2. The fraction of sp³-hybridized carbons (Fsp3) is 0.400. The topological polar surface area (TPSA) is 43.1 Å². The molecule has 0 radical (unpaired) electrons. The highest BCUT2D eigenvalue weighted by atomic mass is 32.2. The lowest BCUT2D eigenvalue weighted by molar-refractivity contribution is -0.385. The predicted molar refractivity (Wildman–Crippen MR) is 57.4 cm³/mol. The van der Waals surface area contributed by atoms with Crippen molar-refractivity contribution in [2.24, 2.45) is 0 Å². The van der Waals surface area contributed by atoms with Crippen molar-refractivity contribution in [3.8, 4) is 0 Å². The number of nitro groups is 1. The van der Waals surface area contributed by atoms with Gasteiger partial charge in [-0.25, -0.2) is 4.39 Å². The van der Waals surface area contributed by atoms with Crippen molar-refractivity contribution in [2.45, 2.75) is 23.8 Å². The molecule has 80 valence electrons. The Balaban J connectivity index is 2.10. The number of thioether (sulfide) groups is 1. The fourth-order valence-corrected chi connectivity index (χ4v) is 2.34. The summed E-state index contributed by atoms with van der Waals surface area (Å²) in [5.41, 5.74) is 0.528. The van der Waals surface area contributed by atoms with Crippen LogP contribution in [-0.2, 0) is 5.75 Å². The molecular formula is C10H10FNO2S. The Kier molecular flexibility index (Phi) is 2.90. The van der Waals surface area contributed by atoms with Crippen molar-refractivity contribution < 1.29 is 9.31 Å². The van der Waals surface area contributed by atoms with E-state index in [-0.39, 0.29) is 5.69 Å². The third kappa shape index (κ3) is 2.92. The van der Waals surface area contributed by atoms with Gasteiger partial charge in [-0.05, 0) is 24.5 Å². The predicted octanol–water partition coefficient (Wildman–Crippen LogP) is 3.13. The van der Waals surface area contributed by atoms with E-state index in [1.165, 1.54) is 25.0 Å². The van der Waals surface area contributed by atoms with Crippen molar-refractivity contribution in [3.05, 3.63) is 39.7 Å². The number of non-ortho nitro benzene ring substituents is 1. The maximum absolute atomic E-state index is 13.0. The lowest BCUT2D eigenvalue weighted by Crippen LogP contribution is -1.92. The van der Waals surface area contributed by atoms with E-state index >= 15 is 0 Å². The van der Waals surface area contributed by atoms with Crippen LogP contribution in [0.4, 0.5) is 10.1 Å². The molecule has 3 nitrogen and oxygen atoms in total. The summed E-state index contributed by atoms with van der Waals surface area (Å²) >= 11 is 1.74. The molecule has 5 heteroatoms. The van der Waals surface area contributed by atoms with Crippen LogP contribution in [-0.4, -0.2) is 10.2 Å². The molecule has 0 bridgehead atoms. The first-order valence-electron chi connectivity index (χ1n) is 4.70. The van der Waals surface area contributed by atoms with Crippen LogP contribution < -0.4 is 0 Å². The molecule has 15 heavy (non-hydrogen) atoms. The summed E-state index contributed by atoms with van der Waals surface area (Å²) in [4.78, 5) is 9.93. The van der Waals surface area contributed by atoms with Crippen molar-refractivity contribution in [1.29, 1.82) is 0 Å². The summed E-state index contributed by atoms with van der Waals surface area (Å²) in [5.74, 6) is 0.124. The van der Waals surface area contributed by atoms with Gasteiger partial charge in [0.2, 0.25) is 0 Å². The Labute approximate surface area is 90.8 Å². The third-order valence-corrected chi connectivity index (χ3v) is 3.61. The van der Waals surface area contributed by atoms with Gasteiger partial charge in [-0.3, -0.25) is 10.1 Å². The lowest BCUT2D eigenvalue weighted by Gasteiger charge is -2.00. The smallest absolute Gasteiger partial charge is 0.258 e. The molecule has 0 spiro atoms. The Hall–Kier alpha value is -1.10. The maximum atomic E-state index is 13.0. The Morgan fingerprint density at radius 3 is 2.80 bits per heavy atom. The first kappa shape index (κ1) is 10.4. The summed E-state index contributed by atoms with van der Waals surface area (Å²) < 4.78 is 13.0. The highest BCUT2D eigenvalue weighted by Crippen LogP contribution is 2.36. The van der Waals surface area contributed by atoms with Gasteiger partial charge in [0.1, 0.15) is 5.82 Å². The number of halogens is 1. The monoisotopic (exact) mass is 227 g/mol. The second kappa shape index (κ2) is 4.18. The van der Waals surface area contributed by atoms with Crippen LogP contribution in [0.3, 0.4) is 0 Å². The fourth-order valence-electron chi connectivity index (χ4n) is 1.27. The minimum Gasteiger partial charge on any atom is -0.258 e. The van der Waals surface area contributed by atoms with Crippen LogP contribution in [0.25, 0.3) is 0 Å². The van der Waals surface area contributed by atoms with Gasteiger partial charge < -0.3 is 0 Å². The van der Waals surface area contributed by atoms with E-state index in [9.17, 15) is 14.5 Å². The SMILES string of the molecule is O=[N+]([O-])c1cc(F)cc(CSC2CC2)c1. The number of hydrogen-bond acceptors (Lipinski definition) is 3. The number of hydrogen-bond donors (Lipinski definition) is 0. The molecule has 0 amide bonds. The third-order valence-electron chi connectivity index (χ3n) is 2.16. The molecular weight excluding hydrogens is 217 g/mol. The van der Waals surface area contributed by atoms with Crippen LogP contribution in [0.2, 0.25) is 0 Å². The van der Waals surface area contributed by atoms with Gasteiger partial charge in [0, 0.05) is 17.1 Å². The number of rotatable bonds is 4. The molecule has 0 atom stereocenters. The van der Waals surface area contributed by atoms with E-state index in [0.717, 1.165) is 6.07 Å². The second-order valence-electron chi connectivity index (χ2n) is 3.59. The van der Waals surface area contributed by atoms with E-state index in [1.807, 2.05) is 0 Å². The van der Waals surface area contributed by atoms with Gasteiger partial charge in [0.15, 0.2) is 0 Å². The van der Waals surface area contributed by atoms with E-state index in [0.29, 0.717) is 16.6 Å². The molecule has 0 aliphatic heterocycles. The number of benzene rings is 1. The lowest BCUT2D eigenvalue weighted by atomic mass is 10.2. The molecule has 1 aliphatic rings. The molecule has 0 aromatic heterocycles. The van der Waals surface area contributed by atoms with Gasteiger partial charge in [-0.15, -0.1) is 0 Å². The molecule has 1 aliphatic carbocycles. The van der Waals surface area contributed by atoms with Gasteiger partial charge in [-0.1, -0.05) is 0 Å². The standard InChI is InChI=1S/C10H10FNO2S/c11-8-3-7(6-15-10-1-2-10)4-9(5-8)12(13)14/h3-5,10H,1-2,6H2. The number of nitro benzene ring substituents is 1. The Morgan fingerprint density at radius 2 is 2.20 bits per heavy atom. The first-order valence-corrected chi connectivity index (χ1v) is 5.75. The molecule has 0 saturated heterocycles. The van der Waals surface area contributed by atoms with Crippen LogP contribution in [0.15, 0.2) is 18.2 Å². The second-order valence-corrected chi connectivity index (χ2v) is 4.87. The molecule has 2 rings (SSSR count). The van der Waals surface area contributed by atoms with E-state index < -0.39 is 10.7 Å². The average Bonchev–Trinajstić information content (AvgIpc) is 2.97. The molecule has 1 fully saturated rings. The molecule has 0 unspecified atom stereocenters. The van der Waals surface area contributed by atoms with Crippen molar-refractivity contribution in [3.63, 3.8) is 0 Å². The van der Waals surface area contributed by atoms with Gasteiger partial charge in [-0.2, -0.15) is 11.8 Å². The highest BCUT2D eigenvalue weighted by Gasteiger charge is 2.22. The zero-order valence-corrected chi connectivity index (χ0v) is 8.80. The van der Waals surface area contributed by atoms with Crippen LogP contribution in [0.5, 0.6) is 0 Å². The Morgan fingerprint density at radius 1 is 1.47 bits per heavy atom. The zero-order valence-electron chi connectivity index (χ0n) is 7.98. The van der Waals surface area contributed by atoms with Crippen molar-refractivity contribution >= 4 is 17.4 Å². The molecule has 0 heterocycles. The van der Waals surface area contributed by atoms with Crippen LogP contribution >= 0.6 is 11.8 Å². The normalized spacial score (nSPS) is 15.3. The highest BCUT2D eigenvalue weighted by molar-refractivity contribution is 7.99. The average molecular weight is 227 g/mol. The first-order chi connectivity index (χ1) is 7.15. The van der Waals surface area contributed by atoms with Crippen LogP contribution in [0, 0.1) is 15.9 Å². The quantitative estimate of drug-likeness (QED) is 0.586. The minimum absolute atomic E-state index is 0.165. The van der Waals surface area contributed by atoms with E-state index in [2.05, 4.69) is 0 Å². The van der Waals surface area contributed by atoms with Gasteiger partial charge in [0.25, 0.3) is 5.69 Å². The number of nitrogens with zero attached hydrogens (tertiary/aromatic N) is 1. The summed E-state index contributed by atoms with van der Waals surface area (Å²) in [6.45, 7) is 0. The largest absolute Gasteiger partial charge is 0.272 e. The van der Waals surface area contributed by atoms with E-state index in [4.69, 9.17) is 0 Å². The van der Waals surface area contributed by atoms with E-state index in [1.54, 1.807) is 11.8 Å². The van der Waals surface area contributed by atoms with Crippen molar-refractivity contribution in [2.75, 3.05) is 0 Å². The maximum Gasteiger partial charge on any atom is 0.272 e. The minimum atomic E-state index is -0.561. The molecule has 1 saturated carbocycles. The summed E-state index contributed by atoms with van der Waals surface area (Å²) in [6, 6.07) is 3.76. The van der Waals surface area contributed by atoms with Gasteiger partial charge >= 0.3 is 0 Å². The molecule has 1 aromatic rings. The molecule has 1 aromatic carbocycles. The van der Waals surface area contributed by atoms with Gasteiger partial charge in [0.05, 0.1) is 11.0 Å². The molecule has 0 N–H and O–H groups in total. The van der Waals surface area contributed by atoms with Crippen molar-refractivity contribution in [1.82, 2.24) is 0 Å². The summed E-state index contributed by atoms with van der Waals surface area (Å²) in [7, 11) is 0.